The van der Waals surface area contributed by atoms with Crippen molar-refractivity contribution in [1.29, 1.82) is 0 Å². The van der Waals surface area contributed by atoms with Crippen LogP contribution in [0.15, 0.2) is 12.7 Å². The minimum atomic E-state index is -0.213. The summed E-state index contributed by atoms with van der Waals surface area (Å²) in [6.07, 6.45) is 1.21. The highest BCUT2D eigenvalue weighted by Gasteiger charge is 1.93. The zero-order chi connectivity index (χ0) is 10.8. The van der Waals surface area contributed by atoms with Crippen molar-refractivity contribution >= 4 is 11.8 Å². The number of carbonyl (C=O) groups is 2. The van der Waals surface area contributed by atoms with Gasteiger partial charge < -0.3 is 15.4 Å². The summed E-state index contributed by atoms with van der Waals surface area (Å²) < 4.78 is 5.12. The Morgan fingerprint density at radius 3 is 2.36 bits per heavy atom. The summed E-state index contributed by atoms with van der Waals surface area (Å²) in [5.74, 6) is -0.288. The van der Waals surface area contributed by atoms with E-state index < -0.39 is 0 Å². The average Bonchev–Trinajstić information content (AvgIpc) is 2.15. The molecular weight excluding hydrogens is 184 g/mol. The average molecular weight is 200 g/mol. The fraction of sp³-hybridized carbons (Fsp3) is 0.556. The fourth-order valence-corrected chi connectivity index (χ4v) is 0.720. The molecule has 0 saturated heterocycles. The zero-order valence-electron chi connectivity index (χ0n) is 8.34. The largest absolute Gasteiger partial charge is 0.378 e. The molecule has 0 heterocycles. The summed E-state index contributed by atoms with van der Waals surface area (Å²) in [4.78, 5) is 21.1. The molecule has 0 aliphatic carbocycles. The van der Waals surface area contributed by atoms with E-state index in [1.165, 1.54) is 13.0 Å². The number of hydrogen-bond acceptors (Lipinski definition) is 3. The molecule has 2 N–H and O–H groups in total. The van der Waals surface area contributed by atoms with Crippen LogP contribution in [0.4, 0.5) is 0 Å². The molecule has 80 valence electrons. The smallest absolute Gasteiger partial charge is 0.243 e. The molecule has 0 bridgehead atoms. The molecule has 0 aliphatic rings. The van der Waals surface area contributed by atoms with E-state index in [1.807, 2.05) is 0 Å². The van der Waals surface area contributed by atoms with E-state index >= 15 is 0 Å². The van der Waals surface area contributed by atoms with Gasteiger partial charge in [0.15, 0.2) is 0 Å². The van der Waals surface area contributed by atoms with Gasteiger partial charge in [0.1, 0.15) is 0 Å². The normalized spacial score (nSPS) is 9.21. The lowest BCUT2D eigenvalue weighted by molar-refractivity contribution is -0.119. The first-order valence-electron chi connectivity index (χ1n) is 4.39. The molecule has 14 heavy (non-hydrogen) atoms. The van der Waals surface area contributed by atoms with E-state index in [1.54, 1.807) is 0 Å². The number of rotatable bonds is 7. The quantitative estimate of drug-likeness (QED) is 0.427. The Balaban J connectivity index is 3.10. The van der Waals surface area contributed by atoms with Crippen LogP contribution in [0.25, 0.3) is 0 Å². The maximum atomic E-state index is 10.6. The Morgan fingerprint density at radius 1 is 1.29 bits per heavy atom. The third-order valence-corrected chi connectivity index (χ3v) is 1.35. The number of hydrogen-bond donors (Lipinski definition) is 2. The first kappa shape index (κ1) is 12.6. The van der Waals surface area contributed by atoms with Crippen LogP contribution < -0.4 is 10.6 Å². The standard InChI is InChI=1S/C9H16N2O3/c1-3-9(13)11-5-7-14-6-4-10-8(2)12/h3H,1,4-7H2,2H3,(H,10,12)(H,11,13). The summed E-state index contributed by atoms with van der Waals surface area (Å²) in [6, 6.07) is 0. The van der Waals surface area contributed by atoms with Gasteiger partial charge in [-0.1, -0.05) is 6.58 Å². The molecule has 0 atom stereocenters. The number of carbonyl (C=O) groups excluding carboxylic acids is 2. The molecule has 0 aromatic rings. The molecule has 2 amide bonds. The Labute approximate surface area is 83.5 Å². The Hall–Kier alpha value is -1.36. The third-order valence-electron chi connectivity index (χ3n) is 1.35. The van der Waals surface area contributed by atoms with Crippen LogP contribution in [-0.2, 0) is 14.3 Å². The van der Waals surface area contributed by atoms with Gasteiger partial charge >= 0.3 is 0 Å². The lowest BCUT2D eigenvalue weighted by Gasteiger charge is -2.04. The fourth-order valence-electron chi connectivity index (χ4n) is 0.720. The second-order valence-corrected chi connectivity index (χ2v) is 2.59. The lowest BCUT2D eigenvalue weighted by Crippen LogP contribution is -2.28. The van der Waals surface area contributed by atoms with Gasteiger partial charge in [-0.15, -0.1) is 0 Å². The SMILES string of the molecule is C=CC(=O)NCCOCCNC(C)=O. The van der Waals surface area contributed by atoms with Crippen molar-refractivity contribution in [1.82, 2.24) is 10.6 Å². The van der Waals surface area contributed by atoms with Gasteiger partial charge in [0.05, 0.1) is 13.2 Å². The van der Waals surface area contributed by atoms with Crippen LogP contribution >= 0.6 is 0 Å². The maximum Gasteiger partial charge on any atom is 0.243 e. The first-order chi connectivity index (χ1) is 6.66. The van der Waals surface area contributed by atoms with Gasteiger partial charge in [0.25, 0.3) is 0 Å². The van der Waals surface area contributed by atoms with Gasteiger partial charge in [0.2, 0.25) is 11.8 Å². The highest BCUT2D eigenvalue weighted by molar-refractivity contribution is 5.86. The molecule has 0 unspecified atom stereocenters. The van der Waals surface area contributed by atoms with Crippen LogP contribution in [0.2, 0.25) is 0 Å². The van der Waals surface area contributed by atoms with Gasteiger partial charge in [-0.2, -0.15) is 0 Å². The van der Waals surface area contributed by atoms with E-state index in [9.17, 15) is 9.59 Å². The summed E-state index contributed by atoms with van der Waals surface area (Å²) in [6.45, 7) is 6.57. The molecule has 0 aliphatic heterocycles. The summed E-state index contributed by atoms with van der Waals surface area (Å²) in [5, 5.41) is 5.15. The van der Waals surface area contributed by atoms with Crippen molar-refractivity contribution in [2.75, 3.05) is 26.3 Å². The third kappa shape index (κ3) is 8.73. The van der Waals surface area contributed by atoms with E-state index in [2.05, 4.69) is 17.2 Å². The zero-order valence-corrected chi connectivity index (χ0v) is 8.34. The summed E-state index contributed by atoms with van der Waals surface area (Å²) >= 11 is 0. The molecule has 0 spiro atoms. The van der Waals surface area contributed by atoms with Crippen molar-refractivity contribution < 1.29 is 14.3 Å². The maximum absolute atomic E-state index is 10.6. The van der Waals surface area contributed by atoms with Crippen molar-refractivity contribution in [3.63, 3.8) is 0 Å². The lowest BCUT2D eigenvalue weighted by atomic mass is 10.5. The first-order valence-corrected chi connectivity index (χ1v) is 4.39. The minimum Gasteiger partial charge on any atom is -0.378 e. The molecule has 0 radical (unpaired) electrons. The molecule has 0 aromatic carbocycles. The highest BCUT2D eigenvalue weighted by atomic mass is 16.5. The van der Waals surface area contributed by atoms with Crippen molar-refractivity contribution in [3.05, 3.63) is 12.7 Å². The van der Waals surface area contributed by atoms with E-state index in [4.69, 9.17) is 4.74 Å². The van der Waals surface area contributed by atoms with E-state index in [0.717, 1.165) is 0 Å². The Bertz CT molecular complexity index is 204. The summed E-state index contributed by atoms with van der Waals surface area (Å²) in [5.41, 5.74) is 0. The van der Waals surface area contributed by atoms with Gasteiger partial charge in [-0.3, -0.25) is 9.59 Å². The van der Waals surface area contributed by atoms with Crippen molar-refractivity contribution in [3.8, 4) is 0 Å². The molecular formula is C9H16N2O3. The predicted molar refractivity (Wildman–Crippen MR) is 52.7 cm³/mol. The van der Waals surface area contributed by atoms with Crippen LogP contribution in [0.5, 0.6) is 0 Å². The van der Waals surface area contributed by atoms with E-state index in [0.29, 0.717) is 26.3 Å². The predicted octanol–water partition coefficient (Wildman–Crippen LogP) is -0.559. The summed E-state index contributed by atoms with van der Waals surface area (Å²) in [7, 11) is 0. The second kappa shape index (κ2) is 8.25. The molecule has 0 rings (SSSR count). The second-order valence-electron chi connectivity index (χ2n) is 2.59. The highest BCUT2D eigenvalue weighted by Crippen LogP contribution is 1.73. The molecule has 0 aromatic heterocycles. The van der Waals surface area contributed by atoms with Crippen LogP contribution in [-0.4, -0.2) is 38.1 Å². The van der Waals surface area contributed by atoms with Crippen molar-refractivity contribution in [2.45, 2.75) is 6.92 Å². The topological polar surface area (TPSA) is 67.4 Å². The Kier molecular flexibility index (Phi) is 7.45. The molecule has 0 fully saturated rings. The minimum absolute atomic E-state index is 0.0754. The Morgan fingerprint density at radius 2 is 1.86 bits per heavy atom. The van der Waals surface area contributed by atoms with Gasteiger partial charge in [0, 0.05) is 20.0 Å². The number of ether oxygens (including phenoxy) is 1. The molecule has 0 saturated carbocycles. The van der Waals surface area contributed by atoms with E-state index in [-0.39, 0.29) is 11.8 Å². The van der Waals surface area contributed by atoms with Crippen LogP contribution in [0.1, 0.15) is 6.92 Å². The molecule has 5 nitrogen and oxygen atoms in total. The van der Waals surface area contributed by atoms with Crippen LogP contribution in [0, 0.1) is 0 Å². The van der Waals surface area contributed by atoms with Gasteiger partial charge in [-0.05, 0) is 6.08 Å². The van der Waals surface area contributed by atoms with Crippen molar-refractivity contribution in [2.24, 2.45) is 0 Å². The van der Waals surface area contributed by atoms with Gasteiger partial charge in [-0.25, -0.2) is 0 Å². The monoisotopic (exact) mass is 200 g/mol. The number of amides is 2. The molecule has 5 heteroatoms. The van der Waals surface area contributed by atoms with Crippen LogP contribution in [0.3, 0.4) is 0 Å². The number of nitrogens with one attached hydrogen (secondary N) is 2.